The Balaban J connectivity index is 1.68. The number of benzene rings is 2. The molecule has 1 saturated heterocycles. The van der Waals surface area contributed by atoms with E-state index in [1.807, 2.05) is 18.2 Å². The number of para-hydroxylation sites is 1. The highest BCUT2D eigenvalue weighted by Crippen LogP contribution is 2.37. The van der Waals surface area contributed by atoms with Gasteiger partial charge in [0, 0.05) is 10.9 Å². The van der Waals surface area contributed by atoms with Gasteiger partial charge in [-0.1, -0.05) is 53.7 Å². The lowest BCUT2D eigenvalue weighted by Crippen LogP contribution is -2.28. The predicted octanol–water partition coefficient (Wildman–Crippen LogP) is 3.58. The second-order valence-corrected chi connectivity index (χ2v) is 10.4. The zero-order valence-corrected chi connectivity index (χ0v) is 16.6. The maximum absolute atomic E-state index is 11.9. The van der Waals surface area contributed by atoms with E-state index in [-0.39, 0.29) is 22.8 Å². The molecule has 0 N–H and O–H groups in total. The number of nitrogens with zero attached hydrogens (tertiary/aromatic N) is 2. The highest BCUT2D eigenvalue weighted by atomic mass is 32.2. The lowest BCUT2D eigenvalue weighted by molar-refractivity contribution is 0.601. The number of amidine groups is 1. The Bertz CT molecular complexity index is 955. The monoisotopic (exact) mass is 386 g/mol. The van der Waals surface area contributed by atoms with Crippen LogP contribution >= 0.6 is 11.8 Å². The van der Waals surface area contributed by atoms with Crippen molar-refractivity contribution < 1.29 is 8.42 Å². The van der Waals surface area contributed by atoms with E-state index < -0.39 is 9.84 Å². The van der Waals surface area contributed by atoms with Crippen LogP contribution in [-0.4, -0.2) is 36.4 Å². The molecular formula is C20H22N2O2S2. The Labute approximate surface area is 159 Å². The summed E-state index contributed by atoms with van der Waals surface area (Å²) in [6.07, 6.45) is 0. The highest BCUT2D eigenvalue weighted by molar-refractivity contribution is 8.15. The molecule has 2 aromatic rings. The molecule has 0 aromatic heterocycles. The van der Waals surface area contributed by atoms with Gasteiger partial charge in [0.1, 0.15) is 0 Å². The number of anilines is 1. The van der Waals surface area contributed by atoms with Crippen molar-refractivity contribution in [3.63, 3.8) is 0 Å². The maximum atomic E-state index is 11.9. The molecule has 1 fully saturated rings. The lowest BCUT2D eigenvalue weighted by Gasteiger charge is -2.25. The van der Waals surface area contributed by atoms with Gasteiger partial charge in [-0.2, -0.15) is 0 Å². The fourth-order valence-corrected chi connectivity index (χ4v) is 7.27. The molecule has 6 heteroatoms. The summed E-state index contributed by atoms with van der Waals surface area (Å²) in [7, 11) is -2.94. The van der Waals surface area contributed by atoms with E-state index in [0.29, 0.717) is 0 Å². The van der Waals surface area contributed by atoms with Crippen LogP contribution in [0.1, 0.15) is 16.7 Å². The molecule has 136 valence electrons. The van der Waals surface area contributed by atoms with E-state index >= 15 is 0 Å². The third-order valence-corrected chi connectivity index (χ3v) is 8.18. The standard InChI is InChI=1S/C20H22N2O2S2/c1-14-8-9-15(2)16(10-14)11-22(17-6-4-3-5-7-17)20-21-18-12-26(23,24)13-19(18)25-20/h3-10,18-19H,11-13H2,1-2H3. The van der Waals surface area contributed by atoms with E-state index in [4.69, 9.17) is 4.99 Å². The summed E-state index contributed by atoms with van der Waals surface area (Å²) >= 11 is 1.61. The van der Waals surface area contributed by atoms with Crippen LogP contribution in [0.2, 0.25) is 0 Å². The fraction of sp³-hybridized carbons (Fsp3) is 0.350. The van der Waals surface area contributed by atoms with Gasteiger partial charge >= 0.3 is 0 Å². The predicted molar refractivity (Wildman–Crippen MR) is 110 cm³/mol. The summed E-state index contributed by atoms with van der Waals surface area (Å²) in [6, 6.07) is 16.6. The van der Waals surface area contributed by atoms with Gasteiger partial charge in [-0.3, -0.25) is 4.99 Å². The first-order valence-electron chi connectivity index (χ1n) is 8.75. The van der Waals surface area contributed by atoms with Crippen LogP contribution in [0.15, 0.2) is 53.5 Å². The van der Waals surface area contributed by atoms with Crippen LogP contribution in [0, 0.1) is 13.8 Å². The second kappa shape index (κ2) is 6.74. The van der Waals surface area contributed by atoms with Crippen molar-refractivity contribution in [3.8, 4) is 0 Å². The normalized spacial score (nSPS) is 23.5. The third kappa shape index (κ3) is 3.53. The van der Waals surface area contributed by atoms with Crippen LogP contribution in [-0.2, 0) is 16.4 Å². The Kier molecular flexibility index (Phi) is 4.57. The third-order valence-electron chi connectivity index (χ3n) is 4.94. The minimum atomic E-state index is -2.94. The summed E-state index contributed by atoms with van der Waals surface area (Å²) in [5, 5.41) is 0.988. The van der Waals surface area contributed by atoms with Crippen LogP contribution < -0.4 is 4.90 Å². The number of rotatable bonds is 3. The first-order valence-corrected chi connectivity index (χ1v) is 11.4. The van der Waals surface area contributed by atoms with Crippen molar-refractivity contribution in [1.82, 2.24) is 0 Å². The van der Waals surface area contributed by atoms with Gasteiger partial charge in [0.05, 0.1) is 24.1 Å². The first kappa shape index (κ1) is 17.6. The van der Waals surface area contributed by atoms with Crippen molar-refractivity contribution in [1.29, 1.82) is 0 Å². The summed E-state index contributed by atoms with van der Waals surface area (Å²) in [5.74, 6) is 0.418. The topological polar surface area (TPSA) is 49.7 Å². The molecule has 2 unspecified atom stereocenters. The Morgan fingerprint density at radius 3 is 2.62 bits per heavy atom. The lowest BCUT2D eigenvalue weighted by atomic mass is 10.1. The first-order chi connectivity index (χ1) is 12.4. The number of hydrogen-bond acceptors (Lipinski definition) is 5. The van der Waals surface area contributed by atoms with Gasteiger partial charge in [-0.25, -0.2) is 8.42 Å². The molecule has 4 nitrogen and oxygen atoms in total. The van der Waals surface area contributed by atoms with Gasteiger partial charge < -0.3 is 4.90 Å². The molecule has 2 heterocycles. The molecule has 2 aliphatic rings. The molecule has 2 atom stereocenters. The minimum absolute atomic E-state index is 0.0554. The average molecular weight is 387 g/mol. The summed E-state index contributed by atoms with van der Waals surface area (Å²) in [6.45, 7) is 4.96. The van der Waals surface area contributed by atoms with Crippen LogP contribution in [0.25, 0.3) is 0 Å². The van der Waals surface area contributed by atoms with Crippen molar-refractivity contribution in [2.24, 2.45) is 4.99 Å². The molecule has 26 heavy (non-hydrogen) atoms. The van der Waals surface area contributed by atoms with E-state index in [2.05, 4.69) is 49.1 Å². The van der Waals surface area contributed by atoms with E-state index in [1.165, 1.54) is 16.7 Å². The summed E-state index contributed by atoms with van der Waals surface area (Å²) < 4.78 is 23.7. The fourth-order valence-electron chi connectivity index (χ4n) is 3.49. The van der Waals surface area contributed by atoms with Gasteiger partial charge in [0.15, 0.2) is 15.0 Å². The summed E-state index contributed by atoms with van der Waals surface area (Å²) in [4.78, 5) is 7.02. The Morgan fingerprint density at radius 1 is 1.12 bits per heavy atom. The van der Waals surface area contributed by atoms with Gasteiger partial charge in [0.2, 0.25) is 0 Å². The van der Waals surface area contributed by atoms with Gasteiger partial charge in [-0.05, 0) is 37.1 Å². The summed E-state index contributed by atoms with van der Waals surface area (Å²) in [5.41, 5.74) is 4.84. The number of fused-ring (bicyclic) bond motifs is 1. The molecule has 2 aromatic carbocycles. The van der Waals surface area contributed by atoms with Crippen molar-refractivity contribution in [2.75, 3.05) is 16.4 Å². The van der Waals surface area contributed by atoms with Crippen molar-refractivity contribution in [3.05, 3.63) is 65.2 Å². The van der Waals surface area contributed by atoms with Crippen LogP contribution in [0.5, 0.6) is 0 Å². The average Bonchev–Trinajstić information content (AvgIpc) is 3.09. The Hall–Kier alpha value is -1.79. The molecule has 4 rings (SSSR count). The molecule has 0 saturated carbocycles. The van der Waals surface area contributed by atoms with Crippen LogP contribution in [0.4, 0.5) is 5.69 Å². The molecule has 0 radical (unpaired) electrons. The van der Waals surface area contributed by atoms with E-state index in [0.717, 1.165) is 17.4 Å². The van der Waals surface area contributed by atoms with E-state index in [9.17, 15) is 8.42 Å². The molecule has 0 aliphatic carbocycles. The smallest absolute Gasteiger partial charge is 0.164 e. The SMILES string of the molecule is Cc1ccc(C)c(CN(C2=NC3CS(=O)(=O)CC3S2)c2ccccc2)c1. The molecule has 2 aliphatic heterocycles. The molecular weight excluding hydrogens is 364 g/mol. The highest BCUT2D eigenvalue weighted by Gasteiger charge is 2.44. The number of hydrogen-bond donors (Lipinski definition) is 0. The Morgan fingerprint density at radius 2 is 1.88 bits per heavy atom. The molecule has 0 bridgehead atoms. The second-order valence-electron chi connectivity index (χ2n) is 7.06. The number of thioether (sulfide) groups is 1. The number of aryl methyl sites for hydroxylation is 2. The van der Waals surface area contributed by atoms with Gasteiger partial charge in [-0.15, -0.1) is 0 Å². The number of sulfone groups is 1. The van der Waals surface area contributed by atoms with Crippen molar-refractivity contribution in [2.45, 2.75) is 31.7 Å². The minimum Gasteiger partial charge on any atom is -0.317 e. The molecule has 0 spiro atoms. The zero-order chi connectivity index (χ0) is 18.3. The van der Waals surface area contributed by atoms with Gasteiger partial charge in [0.25, 0.3) is 0 Å². The molecule has 0 amide bonds. The van der Waals surface area contributed by atoms with Crippen LogP contribution in [0.3, 0.4) is 0 Å². The zero-order valence-electron chi connectivity index (χ0n) is 14.9. The maximum Gasteiger partial charge on any atom is 0.164 e. The van der Waals surface area contributed by atoms with Crippen molar-refractivity contribution >= 4 is 32.5 Å². The quantitative estimate of drug-likeness (QED) is 0.809. The number of aliphatic imine (C=N–C) groups is 1. The van der Waals surface area contributed by atoms with E-state index in [1.54, 1.807) is 11.8 Å². The largest absolute Gasteiger partial charge is 0.317 e.